The van der Waals surface area contributed by atoms with Gasteiger partial charge < -0.3 is 14.5 Å². The van der Waals surface area contributed by atoms with Crippen molar-refractivity contribution in [2.24, 2.45) is 11.8 Å². The number of ether oxygens (including phenoxy) is 2. The highest BCUT2D eigenvalue weighted by Crippen LogP contribution is 2.38. The zero-order valence-electron chi connectivity index (χ0n) is 14.9. The van der Waals surface area contributed by atoms with Gasteiger partial charge in [0.1, 0.15) is 11.6 Å². The van der Waals surface area contributed by atoms with Gasteiger partial charge in [-0.3, -0.25) is 0 Å². The maximum absolute atomic E-state index is 12.3. The second kappa shape index (κ2) is 5.59. The molecule has 2 aliphatic heterocycles. The molecule has 0 fully saturated rings. The van der Waals surface area contributed by atoms with E-state index in [1.807, 2.05) is 6.07 Å². The van der Waals surface area contributed by atoms with E-state index in [4.69, 9.17) is 9.47 Å². The minimum absolute atomic E-state index is 0.0764. The maximum atomic E-state index is 12.3. The Morgan fingerprint density at radius 3 is 2.96 bits per heavy atom. The number of hydrogen-bond acceptors (Lipinski definition) is 3. The standard InChI is InChI=1S/C21H20N2O3/c1-12-16-10-23-8-7-14-13-5-3-4-6-18(13)22-20(14)19(23)9-15(16)17(11-26-12)21(24)25-2/h3-8,11-12,15-16H,9-10H2,1-2H3/p+1/t12?,15-,16?/m0/s1. The molecule has 0 radical (unpaired) electrons. The minimum Gasteiger partial charge on any atom is -0.497 e. The van der Waals surface area contributed by atoms with Gasteiger partial charge in [-0.15, -0.1) is 0 Å². The average molecular weight is 349 g/mol. The molecule has 132 valence electrons. The first-order chi connectivity index (χ1) is 12.7. The smallest absolute Gasteiger partial charge is 0.337 e. The number of H-pyrrole nitrogens is 1. The normalized spacial score (nSPS) is 24.5. The predicted molar refractivity (Wildman–Crippen MR) is 97.3 cm³/mol. The molecule has 0 spiro atoms. The molecule has 2 aromatic heterocycles. The first-order valence-corrected chi connectivity index (χ1v) is 9.03. The SMILES string of the molecule is COC(=O)C1=COC(C)C2C[n+]3ccc4c([nH]c5ccccc54)c3C[C@H]12. The average Bonchev–Trinajstić information content (AvgIpc) is 3.06. The highest BCUT2D eigenvalue weighted by atomic mass is 16.5. The molecule has 26 heavy (non-hydrogen) atoms. The van der Waals surface area contributed by atoms with Crippen molar-refractivity contribution >= 4 is 27.8 Å². The van der Waals surface area contributed by atoms with Crippen LogP contribution in [0.4, 0.5) is 0 Å². The molecule has 0 amide bonds. The summed E-state index contributed by atoms with van der Waals surface area (Å²) in [5.41, 5.74) is 4.19. The van der Waals surface area contributed by atoms with Crippen molar-refractivity contribution in [2.45, 2.75) is 26.0 Å². The monoisotopic (exact) mass is 349 g/mol. The fraction of sp³-hybridized carbons (Fsp3) is 0.333. The van der Waals surface area contributed by atoms with Crippen LogP contribution in [0.25, 0.3) is 21.8 Å². The third-order valence-electron chi connectivity index (χ3n) is 5.97. The Morgan fingerprint density at radius 1 is 1.27 bits per heavy atom. The van der Waals surface area contributed by atoms with Crippen LogP contribution in [0.3, 0.4) is 0 Å². The van der Waals surface area contributed by atoms with Gasteiger partial charge >= 0.3 is 5.97 Å². The van der Waals surface area contributed by atoms with Gasteiger partial charge in [0.2, 0.25) is 5.69 Å². The third kappa shape index (κ3) is 2.09. The predicted octanol–water partition coefficient (Wildman–Crippen LogP) is 2.87. The lowest BCUT2D eigenvalue weighted by Crippen LogP contribution is -2.53. The number of aromatic nitrogens is 2. The van der Waals surface area contributed by atoms with Crippen LogP contribution in [-0.4, -0.2) is 24.2 Å². The topological polar surface area (TPSA) is 55.2 Å². The highest BCUT2D eigenvalue weighted by molar-refractivity contribution is 6.07. The maximum Gasteiger partial charge on any atom is 0.337 e. The molecule has 0 bridgehead atoms. The summed E-state index contributed by atoms with van der Waals surface area (Å²) < 4.78 is 13.0. The van der Waals surface area contributed by atoms with Crippen LogP contribution in [0.5, 0.6) is 0 Å². The molecule has 0 aliphatic carbocycles. The Hall–Kier alpha value is -2.82. The van der Waals surface area contributed by atoms with Gasteiger partial charge in [0.25, 0.3) is 0 Å². The summed E-state index contributed by atoms with van der Waals surface area (Å²) in [6, 6.07) is 10.5. The van der Waals surface area contributed by atoms with Crippen molar-refractivity contribution in [3.05, 3.63) is 54.1 Å². The van der Waals surface area contributed by atoms with Crippen molar-refractivity contribution in [1.29, 1.82) is 0 Å². The number of carbonyl (C=O) groups excluding carboxylic acids is 1. The van der Waals surface area contributed by atoms with E-state index in [9.17, 15) is 4.79 Å². The van der Waals surface area contributed by atoms with Gasteiger partial charge in [-0.2, -0.15) is 0 Å². The Kier molecular flexibility index (Phi) is 3.32. The van der Waals surface area contributed by atoms with Crippen molar-refractivity contribution < 1.29 is 18.8 Å². The van der Waals surface area contributed by atoms with E-state index in [0.29, 0.717) is 5.57 Å². The number of nitrogens with one attached hydrogen (secondary N) is 1. The summed E-state index contributed by atoms with van der Waals surface area (Å²) >= 11 is 0. The number of benzene rings is 1. The Morgan fingerprint density at radius 2 is 2.12 bits per heavy atom. The van der Waals surface area contributed by atoms with E-state index < -0.39 is 0 Å². The first kappa shape index (κ1) is 15.4. The largest absolute Gasteiger partial charge is 0.497 e. The molecule has 5 rings (SSSR count). The van der Waals surface area contributed by atoms with E-state index in [2.05, 4.69) is 46.9 Å². The number of nitrogens with zero attached hydrogens (tertiary/aromatic N) is 1. The number of esters is 1. The fourth-order valence-electron chi connectivity index (χ4n) is 4.57. The van der Waals surface area contributed by atoms with Crippen LogP contribution in [0, 0.1) is 11.8 Å². The summed E-state index contributed by atoms with van der Waals surface area (Å²) in [5, 5.41) is 2.46. The highest BCUT2D eigenvalue weighted by Gasteiger charge is 2.45. The molecule has 5 heteroatoms. The molecule has 4 heterocycles. The number of methoxy groups -OCH3 is 1. The summed E-state index contributed by atoms with van der Waals surface area (Å²) in [6.07, 6.45) is 4.64. The van der Waals surface area contributed by atoms with Crippen molar-refractivity contribution in [2.75, 3.05) is 7.11 Å². The summed E-state index contributed by atoms with van der Waals surface area (Å²) in [6.45, 7) is 2.91. The van der Waals surface area contributed by atoms with Gasteiger partial charge in [0, 0.05) is 34.7 Å². The molecule has 2 unspecified atom stereocenters. The lowest BCUT2D eigenvalue weighted by molar-refractivity contribution is -0.717. The molecule has 0 saturated heterocycles. The zero-order chi connectivity index (χ0) is 17.8. The van der Waals surface area contributed by atoms with E-state index in [-0.39, 0.29) is 23.9 Å². The van der Waals surface area contributed by atoms with E-state index in [1.54, 1.807) is 6.26 Å². The van der Waals surface area contributed by atoms with Gasteiger partial charge in [-0.05, 0) is 13.0 Å². The molecule has 1 N–H and O–H groups in total. The molecular weight excluding hydrogens is 328 g/mol. The van der Waals surface area contributed by atoms with Crippen LogP contribution >= 0.6 is 0 Å². The summed E-state index contributed by atoms with van der Waals surface area (Å²) in [5.74, 6) is 0.0841. The lowest BCUT2D eigenvalue weighted by Gasteiger charge is -2.36. The van der Waals surface area contributed by atoms with Crippen LogP contribution < -0.4 is 4.57 Å². The third-order valence-corrected chi connectivity index (χ3v) is 5.97. The number of hydrogen-bond donors (Lipinski definition) is 1. The van der Waals surface area contributed by atoms with Crippen LogP contribution in [0.2, 0.25) is 0 Å². The molecular formula is C21H21N2O3+. The number of rotatable bonds is 1. The number of aromatic amines is 1. The zero-order valence-corrected chi connectivity index (χ0v) is 14.9. The van der Waals surface area contributed by atoms with Gasteiger partial charge in [0.05, 0.1) is 24.9 Å². The second-order valence-corrected chi connectivity index (χ2v) is 7.25. The summed E-state index contributed by atoms with van der Waals surface area (Å²) in [7, 11) is 1.43. The first-order valence-electron chi connectivity index (χ1n) is 9.03. The van der Waals surface area contributed by atoms with Crippen molar-refractivity contribution in [1.82, 2.24) is 4.98 Å². The number of pyridine rings is 1. The Bertz CT molecular complexity index is 1070. The molecule has 1 aromatic carbocycles. The Labute approximate surface area is 151 Å². The van der Waals surface area contributed by atoms with Gasteiger partial charge in [-0.25, -0.2) is 9.36 Å². The summed E-state index contributed by atoms with van der Waals surface area (Å²) in [4.78, 5) is 15.8. The quantitative estimate of drug-likeness (QED) is 0.543. The van der Waals surface area contributed by atoms with Crippen molar-refractivity contribution in [3.63, 3.8) is 0 Å². The van der Waals surface area contributed by atoms with E-state index in [0.717, 1.165) is 24.0 Å². The second-order valence-electron chi connectivity index (χ2n) is 7.25. The van der Waals surface area contributed by atoms with E-state index >= 15 is 0 Å². The Balaban J connectivity index is 1.68. The molecule has 0 saturated carbocycles. The number of fused-ring (bicyclic) bond motifs is 6. The minimum atomic E-state index is -0.288. The number of carbonyl (C=O) groups is 1. The molecule has 2 aliphatic rings. The van der Waals surface area contributed by atoms with Gasteiger partial charge in [-0.1, -0.05) is 18.2 Å². The lowest BCUT2D eigenvalue weighted by atomic mass is 9.76. The molecule has 3 atom stereocenters. The fourth-order valence-corrected chi connectivity index (χ4v) is 4.57. The van der Waals surface area contributed by atoms with Crippen molar-refractivity contribution in [3.8, 4) is 0 Å². The van der Waals surface area contributed by atoms with Crippen LogP contribution in [-0.2, 0) is 27.2 Å². The van der Waals surface area contributed by atoms with Crippen LogP contribution in [0.1, 0.15) is 12.6 Å². The molecule has 5 nitrogen and oxygen atoms in total. The van der Waals surface area contributed by atoms with Gasteiger partial charge in [0.15, 0.2) is 12.7 Å². The number of para-hydroxylation sites is 1. The van der Waals surface area contributed by atoms with Crippen LogP contribution in [0.15, 0.2) is 48.4 Å². The van der Waals surface area contributed by atoms with E-state index in [1.165, 1.54) is 23.6 Å². The molecule has 3 aromatic rings.